The van der Waals surface area contributed by atoms with Gasteiger partial charge in [0.05, 0.1) is 10.6 Å². The summed E-state index contributed by atoms with van der Waals surface area (Å²) in [4.78, 5) is 27.8. The molecule has 1 atom stereocenters. The zero-order valence-corrected chi connectivity index (χ0v) is 22.2. The van der Waals surface area contributed by atoms with Crippen LogP contribution in [0, 0.1) is 20.8 Å². The van der Waals surface area contributed by atoms with E-state index in [1.54, 1.807) is 31.2 Å². The van der Waals surface area contributed by atoms with Gasteiger partial charge in [-0.3, -0.25) is 13.9 Å². The average molecular weight is 508 g/mol. The summed E-state index contributed by atoms with van der Waals surface area (Å²) in [5.74, 6) is -0.813. The highest BCUT2D eigenvalue weighted by atomic mass is 32.2. The number of likely N-dealkylation sites (N-methyl/N-ethyl adjacent to an activating group) is 1. The SMILES string of the molecule is CNC(=O)[C@H](C)N(Cc1cccc(C)c1)C(=O)CN(c1ccc(C)cc1C)S(=O)(=O)c1ccccc1. The van der Waals surface area contributed by atoms with Crippen LogP contribution in [0.1, 0.15) is 29.2 Å². The van der Waals surface area contributed by atoms with E-state index in [0.717, 1.165) is 26.6 Å². The van der Waals surface area contributed by atoms with Crippen molar-refractivity contribution in [2.75, 3.05) is 17.9 Å². The maximum absolute atomic E-state index is 13.8. The summed E-state index contributed by atoms with van der Waals surface area (Å²) in [6, 6.07) is 20.3. The molecule has 7 nitrogen and oxygen atoms in total. The van der Waals surface area contributed by atoms with Crippen LogP contribution in [0.4, 0.5) is 5.69 Å². The first-order valence-electron chi connectivity index (χ1n) is 11.8. The number of anilines is 1. The van der Waals surface area contributed by atoms with Crippen LogP contribution in [0.25, 0.3) is 0 Å². The highest BCUT2D eigenvalue weighted by Crippen LogP contribution is 2.28. The second-order valence-corrected chi connectivity index (χ2v) is 10.8. The Morgan fingerprint density at radius 2 is 1.56 bits per heavy atom. The number of aryl methyl sites for hydroxylation is 3. The molecule has 2 amide bonds. The smallest absolute Gasteiger partial charge is 0.264 e. The lowest BCUT2D eigenvalue weighted by molar-refractivity contribution is -0.139. The lowest BCUT2D eigenvalue weighted by Gasteiger charge is -2.32. The quantitative estimate of drug-likeness (QED) is 0.475. The Bertz CT molecular complexity index is 1340. The Morgan fingerprint density at radius 3 is 2.17 bits per heavy atom. The molecule has 0 saturated heterocycles. The predicted molar refractivity (Wildman–Crippen MR) is 142 cm³/mol. The van der Waals surface area contributed by atoms with Crippen LogP contribution < -0.4 is 9.62 Å². The molecule has 1 N–H and O–H groups in total. The van der Waals surface area contributed by atoms with Gasteiger partial charge in [-0.15, -0.1) is 0 Å². The molecule has 36 heavy (non-hydrogen) atoms. The number of hydrogen-bond donors (Lipinski definition) is 1. The molecule has 0 saturated carbocycles. The number of carbonyl (C=O) groups is 2. The molecular formula is C28H33N3O4S. The second-order valence-electron chi connectivity index (χ2n) is 8.92. The van der Waals surface area contributed by atoms with Crippen molar-refractivity contribution in [1.82, 2.24) is 10.2 Å². The van der Waals surface area contributed by atoms with Crippen LogP contribution in [0.15, 0.2) is 77.7 Å². The van der Waals surface area contributed by atoms with Gasteiger partial charge in [0.1, 0.15) is 12.6 Å². The molecule has 8 heteroatoms. The van der Waals surface area contributed by atoms with Gasteiger partial charge in [-0.1, -0.05) is 65.7 Å². The van der Waals surface area contributed by atoms with Gasteiger partial charge in [-0.05, 0) is 57.0 Å². The number of nitrogens with zero attached hydrogens (tertiary/aromatic N) is 2. The van der Waals surface area contributed by atoms with Crippen molar-refractivity contribution in [3.63, 3.8) is 0 Å². The van der Waals surface area contributed by atoms with Crippen LogP contribution >= 0.6 is 0 Å². The third-order valence-corrected chi connectivity index (χ3v) is 7.85. The standard InChI is InChI=1S/C28H33N3O4S/c1-20-10-9-11-24(17-20)18-30(23(4)28(33)29-5)27(32)19-31(26-15-14-21(2)16-22(26)3)36(34,35)25-12-7-6-8-13-25/h6-17,23H,18-19H2,1-5H3,(H,29,33)/t23-/m0/s1. The molecule has 0 aromatic heterocycles. The van der Waals surface area contributed by atoms with Gasteiger partial charge in [-0.2, -0.15) is 0 Å². The van der Waals surface area contributed by atoms with Crippen molar-refractivity contribution in [2.24, 2.45) is 0 Å². The fourth-order valence-electron chi connectivity index (χ4n) is 4.12. The minimum Gasteiger partial charge on any atom is -0.357 e. The number of hydrogen-bond acceptors (Lipinski definition) is 4. The molecule has 3 aromatic rings. The Labute approximate surface area is 213 Å². The number of rotatable bonds is 9. The predicted octanol–water partition coefficient (Wildman–Crippen LogP) is 3.97. The van der Waals surface area contributed by atoms with Gasteiger partial charge in [-0.25, -0.2) is 8.42 Å². The Morgan fingerprint density at radius 1 is 0.889 bits per heavy atom. The van der Waals surface area contributed by atoms with Crippen LogP contribution in [-0.4, -0.2) is 44.8 Å². The highest BCUT2D eigenvalue weighted by Gasteiger charge is 2.32. The summed E-state index contributed by atoms with van der Waals surface area (Å²) >= 11 is 0. The Hall–Kier alpha value is -3.65. The highest BCUT2D eigenvalue weighted by molar-refractivity contribution is 7.92. The molecule has 0 fully saturated rings. The normalized spacial score (nSPS) is 12.0. The first-order chi connectivity index (χ1) is 17.0. The summed E-state index contributed by atoms with van der Waals surface area (Å²) in [6.07, 6.45) is 0. The monoisotopic (exact) mass is 507 g/mol. The van der Waals surface area contributed by atoms with E-state index in [-0.39, 0.29) is 17.3 Å². The van der Waals surface area contributed by atoms with Crippen molar-refractivity contribution in [2.45, 2.75) is 45.2 Å². The van der Waals surface area contributed by atoms with Crippen molar-refractivity contribution < 1.29 is 18.0 Å². The van der Waals surface area contributed by atoms with Gasteiger partial charge in [0.25, 0.3) is 10.0 Å². The zero-order chi connectivity index (χ0) is 26.5. The molecule has 0 aliphatic rings. The Balaban J connectivity index is 2.06. The maximum Gasteiger partial charge on any atom is 0.264 e. The minimum absolute atomic E-state index is 0.0855. The molecule has 0 spiro atoms. The van der Waals surface area contributed by atoms with Crippen LogP contribution in [0.5, 0.6) is 0 Å². The molecule has 0 unspecified atom stereocenters. The molecule has 0 heterocycles. The first-order valence-corrected chi connectivity index (χ1v) is 13.2. The third-order valence-electron chi connectivity index (χ3n) is 6.08. The van der Waals surface area contributed by atoms with E-state index in [2.05, 4.69) is 5.32 Å². The van der Waals surface area contributed by atoms with E-state index in [9.17, 15) is 18.0 Å². The lowest BCUT2D eigenvalue weighted by Crippen LogP contribution is -2.50. The molecule has 0 aliphatic heterocycles. The van der Waals surface area contributed by atoms with Crippen LogP contribution in [0.3, 0.4) is 0 Å². The summed E-state index contributed by atoms with van der Waals surface area (Å²) in [6.45, 7) is 7.05. The topological polar surface area (TPSA) is 86.8 Å². The zero-order valence-electron chi connectivity index (χ0n) is 21.4. The lowest BCUT2D eigenvalue weighted by atomic mass is 10.1. The van der Waals surface area contributed by atoms with E-state index in [0.29, 0.717) is 5.69 Å². The molecule has 3 aromatic carbocycles. The summed E-state index contributed by atoms with van der Waals surface area (Å²) in [5.41, 5.74) is 4.00. The number of benzene rings is 3. The summed E-state index contributed by atoms with van der Waals surface area (Å²) < 4.78 is 28.7. The molecule has 190 valence electrons. The van der Waals surface area contributed by atoms with Crippen molar-refractivity contribution in [1.29, 1.82) is 0 Å². The number of nitrogens with one attached hydrogen (secondary N) is 1. The summed E-state index contributed by atoms with van der Waals surface area (Å²) in [7, 11) is -2.55. The first kappa shape index (κ1) is 26.9. The van der Waals surface area contributed by atoms with Gasteiger partial charge in [0, 0.05) is 13.6 Å². The second kappa shape index (κ2) is 11.4. The number of carbonyl (C=O) groups excluding carboxylic acids is 2. The molecule has 3 rings (SSSR count). The van der Waals surface area contributed by atoms with Crippen molar-refractivity contribution in [3.8, 4) is 0 Å². The number of amides is 2. The minimum atomic E-state index is -4.06. The molecular weight excluding hydrogens is 474 g/mol. The summed E-state index contributed by atoms with van der Waals surface area (Å²) in [5, 5.41) is 2.59. The Kier molecular flexibility index (Phi) is 8.53. The average Bonchev–Trinajstić information content (AvgIpc) is 2.85. The van der Waals surface area contributed by atoms with Gasteiger partial charge in [0.2, 0.25) is 11.8 Å². The van der Waals surface area contributed by atoms with E-state index >= 15 is 0 Å². The van der Waals surface area contributed by atoms with E-state index in [1.807, 2.05) is 57.2 Å². The van der Waals surface area contributed by atoms with E-state index in [1.165, 1.54) is 24.1 Å². The van der Waals surface area contributed by atoms with Gasteiger partial charge >= 0.3 is 0 Å². The third kappa shape index (κ3) is 6.12. The van der Waals surface area contributed by atoms with E-state index in [4.69, 9.17) is 0 Å². The number of sulfonamides is 1. The maximum atomic E-state index is 13.8. The molecule has 0 aliphatic carbocycles. The van der Waals surface area contributed by atoms with Crippen molar-refractivity contribution in [3.05, 3.63) is 95.1 Å². The van der Waals surface area contributed by atoms with Gasteiger partial charge < -0.3 is 10.2 Å². The van der Waals surface area contributed by atoms with Crippen LogP contribution in [-0.2, 0) is 26.2 Å². The molecule has 0 bridgehead atoms. The van der Waals surface area contributed by atoms with E-state index < -0.39 is 28.5 Å². The van der Waals surface area contributed by atoms with Crippen LogP contribution in [0.2, 0.25) is 0 Å². The molecule has 0 radical (unpaired) electrons. The van der Waals surface area contributed by atoms with Gasteiger partial charge in [0.15, 0.2) is 0 Å². The fraction of sp³-hybridized carbons (Fsp3) is 0.286. The fourth-order valence-corrected chi connectivity index (χ4v) is 5.62. The largest absolute Gasteiger partial charge is 0.357 e. The van der Waals surface area contributed by atoms with Crippen molar-refractivity contribution >= 4 is 27.5 Å².